The van der Waals surface area contributed by atoms with E-state index in [1.807, 2.05) is 23.7 Å². The average molecular weight is 289 g/mol. The molecule has 0 bridgehead atoms. The van der Waals surface area contributed by atoms with Gasteiger partial charge in [0.05, 0.1) is 15.7 Å². The molecule has 0 aliphatic carbocycles. The SMILES string of the molecule is O=C(CCC1CCCCN1)Nc1ccc2ncsc2c1. The summed E-state index contributed by atoms with van der Waals surface area (Å²) in [4.78, 5) is 16.2. The topological polar surface area (TPSA) is 54.0 Å². The van der Waals surface area contributed by atoms with Gasteiger partial charge >= 0.3 is 0 Å². The highest BCUT2D eigenvalue weighted by Crippen LogP contribution is 2.22. The lowest BCUT2D eigenvalue weighted by Crippen LogP contribution is -2.34. The normalized spacial score (nSPS) is 19.1. The fourth-order valence-electron chi connectivity index (χ4n) is 2.63. The van der Waals surface area contributed by atoms with Crippen LogP contribution < -0.4 is 10.6 Å². The van der Waals surface area contributed by atoms with Gasteiger partial charge in [-0.25, -0.2) is 4.98 Å². The van der Waals surface area contributed by atoms with Crippen LogP contribution in [0.15, 0.2) is 23.7 Å². The molecule has 2 N–H and O–H groups in total. The number of fused-ring (bicyclic) bond motifs is 1. The quantitative estimate of drug-likeness (QED) is 0.909. The van der Waals surface area contributed by atoms with Gasteiger partial charge in [0.1, 0.15) is 0 Å². The molecule has 3 rings (SSSR count). The summed E-state index contributed by atoms with van der Waals surface area (Å²) in [6, 6.07) is 6.37. The zero-order valence-corrected chi connectivity index (χ0v) is 12.2. The van der Waals surface area contributed by atoms with Crippen molar-refractivity contribution in [1.29, 1.82) is 0 Å². The molecule has 1 fully saturated rings. The van der Waals surface area contributed by atoms with Gasteiger partial charge in [-0.3, -0.25) is 4.79 Å². The Labute approximate surface area is 122 Å². The summed E-state index contributed by atoms with van der Waals surface area (Å²) in [6.45, 7) is 1.09. The summed E-state index contributed by atoms with van der Waals surface area (Å²) >= 11 is 1.59. The number of amides is 1. The Morgan fingerprint density at radius 1 is 1.45 bits per heavy atom. The lowest BCUT2D eigenvalue weighted by Gasteiger charge is -2.23. The Balaban J connectivity index is 1.52. The standard InChI is InChI=1S/C15H19N3OS/c19-15(7-5-11-3-1-2-8-16-11)18-12-4-6-13-14(9-12)20-10-17-13/h4,6,9-11,16H,1-3,5,7-8H2,(H,18,19). The van der Waals surface area contributed by atoms with Gasteiger partial charge in [-0.2, -0.15) is 0 Å². The highest BCUT2D eigenvalue weighted by atomic mass is 32.1. The van der Waals surface area contributed by atoms with Crippen LogP contribution >= 0.6 is 11.3 Å². The molecule has 1 aromatic heterocycles. The van der Waals surface area contributed by atoms with E-state index in [0.717, 1.165) is 28.9 Å². The summed E-state index contributed by atoms with van der Waals surface area (Å²) < 4.78 is 1.11. The fraction of sp³-hybridized carbons (Fsp3) is 0.467. The van der Waals surface area contributed by atoms with Crippen molar-refractivity contribution in [1.82, 2.24) is 10.3 Å². The molecule has 5 heteroatoms. The van der Waals surface area contributed by atoms with E-state index < -0.39 is 0 Å². The third-order valence-corrected chi connectivity index (χ3v) is 4.54. The van der Waals surface area contributed by atoms with Crippen LogP contribution in [0, 0.1) is 0 Å². The Bertz CT molecular complexity index is 590. The number of aromatic nitrogens is 1. The summed E-state index contributed by atoms with van der Waals surface area (Å²) in [5.41, 5.74) is 3.67. The Morgan fingerprint density at radius 3 is 3.25 bits per heavy atom. The lowest BCUT2D eigenvalue weighted by molar-refractivity contribution is -0.116. The highest BCUT2D eigenvalue weighted by Gasteiger charge is 2.14. The first-order valence-corrected chi connectivity index (χ1v) is 8.06. The van der Waals surface area contributed by atoms with E-state index in [2.05, 4.69) is 15.6 Å². The molecule has 0 saturated carbocycles. The predicted molar refractivity (Wildman–Crippen MR) is 83.1 cm³/mol. The molecule has 1 saturated heterocycles. The van der Waals surface area contributed by atoms with E-state index in [4.69, 9.17) is 0 Å². The second-order valence-electron chi connectivity index (χ2n) is 5.27. The number of benzene rings is 1. The molecule has 1 unspecified atom stereocenters. The molecule has 106 valence electrons. The van der Waals surface area contributed by atoms with Crippen LogP contribution in [0.2, 0.25) is 0 Å². The van der Waals surface area contributed by atoms with Crippen molar-refractivity contribution in [3.63, 3.8) is 0 Å². The zero-order chi connectivity index (χ0) is 13.8. The van der Waals surface area contributed by atoms with Gasteiger partial charge in [-0.15, -0.1) is 11.3 Å². The summed E-state index contributed by atoms with van der Waals surface area (Å²) in [7, 11) is 0. The van der Waals surface area contributed by atoms with Gasteiger partial charge in [-0.1, -0.05) is 6.42 Å². The number of hydrogen-bond donors (Lipinski definition) is 2. The summed E-state index contributed by atoms with van der Waals surface area (Å²) in [5.74, 6) is 0.0984. The van der Waals surface area contributed by atoms with Crippen molar-refractivity contribution in [2.75, 3.05) is 11.9 Å². The Hall–Kier alpha value is -1.46. The molecular formula is C15H19N3OS. The predicted octanol–water partition coefficient (Wildman–Crippen LogP) is 3.16. The van der Waals surface area contributed by atoms with E-state index in [-0.39, 0.29) is 5.91 Å². The fourth-order valence-corrected chi connectivity index (χ4v) is 3.35. The van der Waals surface area contributed by atoms with Crippen molar-refractivity contribution >= 4 is 33.1 Å². The molecule has 1 aromatic carbocycles. The van der Waals surface area contributed by atoms with E-state index in [1.54, 1.807) is 11.3 Å². The number of carbonyl (C=O) groups excluding carboxylic acids is 1. The second kappa shape index (κ2) is 6.33. The van der Waals surface area contributed by atoms with Crippen molar-refractivity contribution in [2.24, 2.45) is 0 Å². The molecule has 2 aromatic rings. The molecule has 4 nitrogen and oxygen atoms in total. The van der Waals surface area contributed by atoms with Crippen molar-refractivity contribution < 1.29 is 4.79 Å². The van der Waals surface area contributed by atoms with Crippen LogP contribution in [-0.2, 0) is 4.79 Å². The molecular weight excluding hydrogens is 270 g/mol. The minimum Gasteiger partial charge on any atom is -0.326 e. The summed E-state index contributed by atoms with van der Waals surface area (Å²) in [6.07, 6.45) is 5.24. The first-order valence-electron chi connectivity index (χ1n) is 7.18. The first-order chi connectivity index (χ1) is 9.81. The van der Waals surface area contributed by atoms with E-state index >= 15 is 0 Å². The molecule has 1 atom stereocenters. The van der Waals surface area contributed by atoms with E-state index in [9.17, 15) is 4.79 Å². The molecule has 20 heavy (non-hydrogen) atoms. The van der Waals surface area contributed by atoms with E-state index in [0.29, 0.717) is 12.5 Å². The molecule has 0 radical (unpaired) electrons. The van der Waals surface area contributed by atoms with Gasteiger partial charge in [0.2, 0.25) is 5.91 Å². The average Bonchev–Trinajstić information content (AvgIpc) is 2.94. The van der Waals surface area contributed by atoms with Crippen LogP contribution in [-0.4, -0.2) is 23.5 Å². The molecule has 2 heterocycles. The number of carbonyl (C=O) groups is 1. The van der Waals surface area contributed by atoms with Crippen LogP contribution in [0.4, 0.5) is 5.69 Å². The van der Waals surface area contributed by atoms with Gasteiger partial charge in [0, 0.05) is 18.2 Å². The van der Waals surface area contributed by atoms with Crippen molar-refractivity contribution in [2.45, 2.75) is 38.1 Å². The zero-order valence-electron chi connectivity index (χ0n) is 11.4. The highest BCUT2D eigenvalue weighted by molar-refractivity contribution is 7.16. The van der Waals surface area contributed by atoms with Gasteiger partial charge in [0.25, 0.3) is 0 Å². The molecule has 1 amide bonds. The van der Waals surface area contributed by atoms with Gasteiger partial charge < -0.3 is 10.6 Å². The van der Waals surface area contributed by atoms with Crippen LogP contribution in [0.1, 0.15) is 32.1 Å². The van der Waals surface area contributed by atoms with Crippen molar-refractivity contribution in [3.8, 4) is 0 Å². The maximum Gasteiger partial charge on any atom is 0.224 e. The minimum atomic E-state index is 0.0984. The number of thiazole rings is 1. The number of anilines is 1. The largest absolute Gasteiger partial charge is 0.326 e. The van der Waals surface area contributed by atoms with Crippen LogP contribution in [0.25, 0.3) is 10.2 Å². The number of nitrogens with one attached hydrogen (secondary N) is 2. The monoisotopic (exact) mass is 289 g/mol. The third kappa shape index (κ3) is 3.35. The summed E-state index contributed by atoms with van der Waals surface area (Å²) in [5, 5.41) is 6.45. The number of rotatable bonds is 4. The van der Waals surface area contributed by atoms with E-state index in [1.165, 1.54) is 19.3 Å². The Morgan fingerprint density at radius 2 is 2.40 bits per heavy atom. The third-order valence-electron chi connectivity index (χ3n) is 3.75. The lowest BCUT2D eigenvalue weighted by atomic mass is 10.0. The number of piperidine rings is 1. The maximum atomic E-state index is 12.0. The molecule has 0 spiro atoms. The van der Waals surface area contributed by atoms with Gasteiger partial charge in [0.15, 0.2) is 0 Å². The van der Waals surface area contributed by atoms with Crippen LogP contribution in [0.3, 0.4) is 0 Å². The number of nitrogens with zero attached hydrogens (tertiary/aromatic N) is 1. The smallest absolute Gasteiger partial charge is 0.224 e. The van der Waals surface area contributed by atoms with Gasteiger partial charge in [-0.05, 0) is 44.0 Å². The maximum absolute atomic E-state index is 12.0. The first kappa shape index (κ1) is 13.5. The minimum absolute atomic E-state index is 0.0984. The second-order valence-corrected chi connectivity index (χ2v) is 6.15. The Kier molecular flexibility index (Phi) is 4.28. The number of hydrogen-bond acceptors (Lipinski definition) is 4. The molecule has 1 aliphatic rings. The van der Waals surface area contributed by atoms with Crippen LogP contribution in [0.5, 0.6) is 0 Å². The molecule has 1 aliphatic heterocycles. The van der Waals surface area contributed by atoms with Crippen molar-refractivity contribution in [3.05, 3.63) is 23.7 Å².